The Labute approximate surface area is 94.8 Å². The van der Waals surface area contributed by atoms with E-state index < -0.39 is 0 Å². The van der Waals surface area contributed by atoms with Crippen molar-refractivity contribution in [3.63, 3.8) is 0 Å². The first-order chi connectivity index (χ1) is 6.94. The van der Waals surface area contributed by atoms with Gasteiger partial charge in [-0.2, -0.15) is 4.98 Å². The van der Waals surface area contributed by atoms with E-state index in [-0.39, 0.29) is 5.60 Å². The first-order valence-corrected chi connectivity index (χ1v) is 5.97. The Balaban J connectivity index is 2.97. The highest BCUT2D eigenvalue weighted by Gasteiger charge is 2.14. The molecule has 0 saturated heterocycles. The lowest BCUT2D eigenvalue weighted by atomic mass is 10.2. The molecular formula is C10H17N3OS. The van der Waals surface area contributed by atoms with E-state index in [4.69, 9.17) is 4.74 Å². The molecule has 0 saturated carbocycles. The van der Waals surface area contributed by atoms with E-state index in [1.165, 1.54) is 11.8 Å². The summed E-state index contributed by atoms with van der Waals surface area (Å²) in [4.78, 5) is 8.54. The molecular weight excluding hydrogens is 210 g/mol. The maximum absolute atomic E-state index is 5.68. The fourth-order valence-electron chi connectivity index (χ4n) is 0.989. The molecule has 0 aliphatic heterocycles. The van der Waals surface area contributed by atoms with Crippen LogP contribution in [0.5, 0.6) is 5.88 Å². The van der Waals surface area contributed by atoms with Gasteiger partial charge in [0.25, 0.3) is 0 Å². The Kier molecular flexibility index (Phi) is 3.79. The number of hydrogen-bond acceptors (Lipinski definition) is 5. The summed E-state index contributed by atoms with van der Waals surface area (Å²) < 4.78 is 5.68. The number of anilines is 1. The van der Waals surface area contributed by atoms with Crippen LogP contribution in [0.3, 0.4) is 0 Å². The van der Waals surface area contributed by atoms with Gasteiger partial charge in [0.05, 0.1) is 0 Å². The average Bonchev–Trinajstić information content (AvgIpc) is 2.14. The highest BCUT2D eigenvalue weighted by molar-refractivity contribution is 7.98. The van der Waals surface area contributed by atoms with Gasteiger partial charge < -0.3 is 10.1 Å². The topological polar surface area (TPSA) is 47.0 Å². The molecule has 84 valence electrons. The highest BCUT2D eigenvalue weighted by atomic mass is 32.2. The molecule has 0 aromatic carbocycles. The monoisotopic (exact) mass is 227 g/mol. The first kappa shape index (κ1) is 12.1. The largest absolute Gasteiger partial charge is 0.472 e. The van der Waals surface area contributed by atoms with Crippen molar-refractivity contribution in [1.82, 2.24) is 9.97 Å². The van der Waals surface area contributed by atoms with Gasteiger partial charge >= 0.3 is 0 Å². The Hall–Kier alpha value is -0.970. The highest BCUT2D eigenvalue weighted by Crippen LogP contribution is 2.21. The van der Waals surface area contributed by atoms with Crippen LogP contribution in [0.25, 0.3) is 0 Å². The lowest BCUT2D eigenvalue weighted by molar-refractivity contribution is 0.123. The molecule has 1 aromatic rings. The predicted molar refractivity (Wildman–Crippen MR) is 63.7 cm³/mol. The van der Waals surface area contributed by atoms with Gasteiger partial charge in [-0.3, -0.25) is 0 Å². The fourth-order valence-corrected chi connectivity index (χ4v) is 1.36. The number of rotatable bonds is 3. The third-order valence-electron chi connectivity index (χ3n) is 1.53. The van der Waals surface area contributed by atoms with Crippen LogP contribution in [0.15, 0.2) is 11.2 Å². The van der Waals surface area contributed by atoms with Gasteiger partial charge in [0.2, 0.25) is 5.88 Å². The maximum Gasteiger partial charge on any atom is 0.219 e. The van der Waals surface area contributed by atoms with Crippen molar-refractivity contribution in [3.8, 4) is 5.88 Å². The van der Waals surface area contributed by atoms with E-state index in [0.717, 1.165) is 5.82 Å². The first-order valence-electron chi connectivity index (χ1n) is 4.74. The number of nitrogens with one attached hydrogen (secondary N) is 1. The molecule has 0 amide bonds. The maximum atomic E-state index is 5.68. The predicted octanol–water partition coefficient (Wildman–Crippen LogP) is 2.42. The van der Waals surface area contributed by atoms with Crippen LogP contribution >= 0.6 is 11.8 Å². The molecule has 1 N–H and O–H groups in total. The molecule has 0 aliphatic rings. The minimum atomic E-state index is -0.241. The Morgan fingerprint density at radius 3 is 2.47 bits per heavy atom. The summed E-state index contributed by atoms with van der Waals surface area (Å²) in [5.41, 5.74) is -0.241. The summed E-state index contributed by atoms with van der Waals surface area (Å²) in [5, 5.41) is 3.69. The quantitative estimate of drug-likeness (QED) is 0.634. The third-order valence-corrected chi connectivity index (χ3v) is 2.08. The van der Waals surface area contributed by atoms with Gasteiger partial charge in [-0.15, -0.1) is 0 Å². The molecule has 1 heterocycles. The van der Waals surface area contributed by atoms with Crippen molar-refractivity contribution in [2.75, 3.05) is 18.6 Å². The normalized spacial score (nSPS) is 11.3. The molecule has 4 nitrogen and oxygen atoms in total. The van der Waals surface area contributed by atoms with Crippen LogP contribution in [-0.4, -0.2) is 28.9 Å². The molecule has 15 heavy (non-hydrogen) atoms. The zero-order chi connectivity index (χ0) is 11.5. The SMILES string of the molecule is CNc1cc(OC(C)(C)C)nc(SC)n1. The average molecular weight is 227 g/mol. The van der Waals surface area contributed by atoms with Crippen LogP contribution in [0.4, 0.5) is 5.82 Å². The molecule has 0 unspecified atom stereocenters. The van der Waals surface area contributed by atoms with Gasteiger partial charge in [0.15, 0.2) is 5.16 Å². The Morgan fingerprint density at radius 2 is 2.00 bits per heavy atom. The van der Waals surface area contributed by atoms with Gasteiger partial charge in [0, 0.05) is 13.1 Å². The Morgan fingerprint density at radius 1 is 1.33 bits per heavy atom. The smallest absolute Gasteiger partial charge is 0.219 e. The number of nitrogens with zero attached hydrogens (tertiary/aromatic N) is 2. The van der Waals surface area contributed by atoms with E-state index in [1.807, 2.05) is 34.1 Å². The van der Waals surface area contributed by atoms with Crippen LogP contribution in [-0.2, 0) is 0 Å². The van der Waals surface area contributed by atoms with Crippen LogP contribution in [0.2, 0.25) is 0 Å². The molecule has 0 fully saturated rings. The van der Waals surface area contributed by atoms with Gasteiger partial charge in [-0.1, -0.05) is 11.8 Å². The van der Waals surface area contributed by atoms with Crippen LogP contribution in [0.1, 0.15) is 20.8 Å². The van der Waals surface area contributed by atoms with Crippen molar-refractivity contribution in [2.45, 2.75) is 31.5 Å². The van der Waals surface area contributed by atoms with Gasteiger partial charge in [-0.25, -0.2) is 4.98 Å². The number of hydrogen-bond donors (Lipinski definition) is 1. The molecule has 1 aromatic heterocycles. The van der Waals surface area contributed by atoms with Crippen molar-refractivity contribution in [1.29, 1.82) is 0 Å². The standard InChI is InChI=1S/C10H17N3OS/c1-10(2,3)14-8-6-7(11-4)12-9(13-8)15-5/h6H,1-5H3,(H,11,12,13). The van der Waals surface area contributed by atoms with E-state index in [9.17, 15) is 0 Å². The summed E-state index contributed by atoms with van der Waals surface area (Å²) in [6.07, 6.45) is 1.94. The van der Waals surface area contributed by atoms with Crippen molar-refractivity contribution >= 4 is 17.6 Å². The minimum absolute atomic E-state index is 0.241. The van der Waals surface area contributed by atoms with Crippen LogP contribution < -0.4 is 10.1 Å². The van der Waals surface area contributed by atoms with Crippen molar-refractivity contribution in [2.24, 2.45) is 0 Å². The van der Waals surface area contributed by atoms with Gasteiger partial charge in [-0.05, 0) is 27.0 Å². The van der Waals surface area contributed by atoms with Crippen molar-refractivity contribution < 1.29 is 4.74 Å². The molecule has 1 rings (SSSR count). The van der Waals surface area contributed by atoms with Crippen molar-refractivity contribution in [3.05, 3.63) is 6.07 Å². The summed E-state index contributed by atoms with van der Waals surface area (Å²) in [5.74, 6) is 1.37. The lowest BCUT2D eigenvalue weighted by Gasteiger charge is -2.20. The van der Waals surface area contributed by atoms with E-state index in [0.29, 0.717) is 11.0 Å². The summed E-state index contributed by atoms with van der Waals surface area (Å²) in [6.45, 7) is 5.98. The zero-order valence-corrected chi connectivity index (χ0v) is 10.6. The minimum Gasteiger partial charge on any atom is -0.472 e. The van der Waals surface area contributed by atoms with E-state index in [2.05, 4.69) is 15.3 Å². The van der Waals surface area contributed by atoms with Gasteiger partial charge in [0.1, 0.15) is 11.4 Å². The molecule has 0 atom stereocenters. The molecule has 0 bridgehead atoms. The summed E-state index contributed by atoms with van der Waals surface area (Å²) in [7, 11) is 1.83. The summed E-state index contributed by atoms with van der Waals surface area (Å²) in [6, 6.07) is 1.80. The number of ether oxygens (including phenoxy) is 1. The number of aromatic nitrogens is 2. The molecule has 0 radical (unpaired) electrons. The lowest BCUT2D eigenvalue weighted by Crippen LogP contribution is -2.23. The third kappa shape index (κ3) is 3.95. The van der Waals surface area contributed by atoms with Crippen LogP contribution in [0, 0.1) is 0 Å². The second kappa shape index (κ2) is 4.70. The molecule has 5 heteroatoms. The van der Waals surface area contributed by atoms with E-state index >= 15 is 0 Å². The zero-order valence-electron chi connectivity index (χ0n) is 9.79. The molecule has 0 spiro atoms. The number of thioether (sulfide) groups is 1. The Bertz CT molecular complexity index is 314. The second-order valence-corrected chi connectivity index (χ2v) is 4.82. The van der Waals surface area contributed by atoms with E-state index in [1.54, 1.807) is 6.07 Å². The summed E-state index contributed by atoms with van der Waals surface area (Å²) >= 11 is 1.50. The fraction of sp³-hybridized carbons (Fsp3) is 0.600. The second-order valence-electron chi connectivity index (χ2n) is 4.04. The molecule has 0 aliphatic carbocycles.